The quantitative estimate of drug-likeness (QED) is 0.842. The second-order valence-corrected chi connectivity index (χ2v) is 4.19. The Hall–Kier alpha value is -2.70. The van der Waals surface area contributed by atoms with Crippen molar-refractivity contribution in [2.24, 2.45) is 0 Å². The molecule has 0 atom stereocenters. The fraction of sp³-hybridized carbons (Fsp3) is 0.333. The SMILES string of the molecule is CCOc1ccnc(Nc2cc(OC)c(OC)c(OC)c2)n1. The molecule has 7 nitrogen and oxygen atoms in total. The normalized spacial score (nSPS) is 10.0. The summed E-state index contributed by atoms with van der Waals surface area (Å²) in [4.78, 5) is 8.41. The molecule has 2 aromatic rings. The van der Waals surface area contributed by atoms with Gasteiger partial charge in [0, 0.05) is 30.1 Å². The zero-order chi connectivity index (χ0) is 15.9. The van der Waals surface area contributed by atoms with Crippen LogP contribution in [0.25, 0.3) is 0 Å². The van der Waals surface area contributed by atoms with Crippen LogP contribution in [0.15, 0.2) is 24.4 Å². The molecule has 0 saturated carbocycles. The van der Waals surface area contributed by atoms with Gasteiger partial charge >= 0.3 is 0 Å². The number of anilines is 2. The van der Waals surface area contributed by atoms with E-state index >= 15 is 0 Å². The third-order valence-electron chi connectivity index (χ3n) is 2.84. The highest BCUT2D eigenvalue weighted by Gasteiger charge is 2.13. The van der Waals surface area contributed by atoms with E-state index in [-0.39, 0.29) is 0 Å². The Labute approximate surface area is 129 Å². The summed E-state index contributed by atoms with van der Waals surface area (Å²) in [5, 5.41) is 3.09. The molecule has 0 spiro atoms. The summed E-state index contributed by atoms with van der Waals surface area (Å²) in [5.41, 5.74) is 0.711. The van der Waals surface area contributed by atoms with E-state index < -0.39 is 0 Å². The Balaban J connectivity index is 2.31. The topological polar surface area (TPSA) is 74.7 Å². The van der Waals surface area contributed by atoms with Gasteiger partial charge in [-0.25, -0.2) is 4.98 Å². The minimum Gasteiger partial charge on any atom is -0.493 e. The van der Waals surface area contributed by atoms with Crippen molar-refractivity contribution in [2.75, 3.05) is 33.3 Å². The average molecular weight is 305 g/mol. The van der Waals surface area contributed by atoms with Crippen LogP contribution in [-0.4, -0.2) is 37.9 Å². The molecule has 1 aromatic carbocycles. The molecule has 1 aromatic heterocycles. The second kappa shape index (κ2) is 7.35. The number of benzene rings is 1. The number of hydrogen-bond acceptors (Lipinski definition) is 7. The molecule has 22 heavy (non-hydrogen) atoms. The number of ether oxygens (including phenoxy) is 4. The molecule has 1 heterocycles. The number of rotatable bonds is 7. The Morgan fingerprint density at radius 1 is 1.05 bits per heavy atom. The van der Waals surface area contributed by atoms with Crippen LogP contribution < -0.4 is 24.3 Å². The van der Waals surface area contributed by atoms with Gasteiger partial charge in [-0.2, -0.15) is 4.98 Å². The summed E-state index contributed by atoms with van der Waals surface area (Å²) in [6.07, 6.45) is 1.62. The first-order valence-corrected chi connectivity index (χ1v) is 6.74. The van der Waals surface area contributed by atoms with Gasteiger partial charge in [0.05, 0.1) is 27.9 Å². The summed E-state index contributed by atoms with van der Waals surface area (Å²) in [7, 11) is 4.68. The Morgan fingerprint density at radius 2 is 1.73 bits per heavy atom. The summed E-state index contributed by atoms with van der Waals surface area (Å²) in [6, 6.07) is 5.25. The number of nitrogens with zero attached hydrogens (tertiary/aromatic N) is 2. The Bertz CT molecular complexity index is 609. The van der Waals surface area contributed by atoms with E-state index in [1.54, 1.807) is 45.7 Å². The van der Waals surface area contributed by atoms with Crippen molar-refractivity contribution in [3.8, 4) is 23.1 Å². The monoisotopic (exact) mass is 305 g/mol. The van der Waals surface area contributed by atoms with Gasteiger partial charge in [-0.1, -0.05) is 0 Å². The molecule has 1 N–H and O–H groups in total. The fourth-order valence-corrected chi connectivity index (χ4v) is 1.91. The first-order valence-electron chi connectivity index (χ1n) is 6.74. The highest BCUT2D eigenvalue weighted by Crippen LogP contribution is 2.40. The standard InChI is InChI=1S/C15H19N3O4/c1-5-22-13-6-7-16-15(18-13)17-10-8-11(19-2)14(21-4)12(9-10)20-3/h6-9H,5H2,1-4H3,(H,16,17,18). The minimum absolute atomic E-state index is 0.417. The largest absolute Gasteiger partial charge is 0.493 e. The van der Waals surface area contributed by atoms with E-state index in [4.69, 9.17) is 18.9 Å². The molecule has 0 fully saturated rings. The van der Waals surface area contributed by atoms with Crippen molar-refractivity contribution >= 4 is 11.6 Å². The maximum absolute atomic E-state index is 5.35. The van der Waals surface area contributed by atoms with Crippen molar-refractivity contribution in [3.05, 3.63) is 24.4 Å². The van der Waals surface area contributed by atoms with Gasteiger partial charge < -0.3 is 24.3 Å². The van der Waals surface area contributed by atoms with Gasteiger partial charge in [-0.05, 0) is 6.92 Å². The highest BCUT2D eigenvalue weighted by atomic mass is 16.5. The first-order chi connectivity index (χ1) is 10.7. The predicted octanol–water partition coefficient (Wildman–Crippen LogP) is 2.64. The second-order valence-electron chi connectivity index (χ2n) is 4.19. The zero-order valence-corrected chi connectivity index (χ0v) is 13.0. The summed E-state index contributed by atoms with van der Waals surface area (Å²) >= 11 is 0. The van der Waals surface area contributed by atoms with Gasteiger partial charge in [0.25, 0.3) is 0 Å². The molecule has 0 radical (unpaired) electrons. The van der Waals surface area contributed by atoms with Gasteiger partial charge in [0.15, 0.2) is 11.5 Å². The smallest absolute Gasteiger partial charge is 0.230 e. The van der Waals surface area contributed by atoms with Crippen LogP contribution in [0.1, 0.15) is 6.92 Å². The molecule has 0 amide bonds. The third kappa shape index (κ3) is 3.49. The van der Waals surface area contributed by atoms with Crippen LogP contribution in [0, 0.1) is 0 Å². The van der Waals surface area contributed by atoms with Gasteiger partial charge in [0.2, 0.25) is 17.6 Å². The minimum atomic E-state index is 0.417. The van der Waals surface area contributed by atoms with Crippen molar-refractivity contribution in [1.29, 1.82) is 0 Å². The van der Waals surface area contributed by atoms with E-state index in [0.717, 1.165) is 0 Å². The number of aromatic nitrogens is 2. The number of hydrogen-bond donors (Lipinski definition) is 1. The maximum Gasteiger partial charge on any atom is 0.230 e. The molecule has 0 aliphatic carbocycles. The molecule has 0 saturated heterocycles. The van der Waals surface area contributed by atoms with Crippen LogP contribution in [0.4, 0.5) is 11.6 Å². The maximum atomic E-state index is 5.35. The molecule has 0 unspecified atom stereocenters. The lowest BCUT2D eigenvalue weighted by molar-refractivity contribution is 0.324. The summed E-state index contributed by atoms with van der Waals surface area (Å²) in [6.45, 7) is 2.44. The van der Waals surface area contributed by atoms with E-state index in [1.165, 1.54) is 0 Å². The van der Waals surface area contributed by atoms with Crippen LogP contribution in [0.5, 0.6) is 23.1 Å². The first kappa shape index (κ1) is 15.7. The summed E-state index contributed by atoms with van der Waals surface area (Å²) < 4.78 is 21.3. The van der Waals surface area contributed by atoms with E-state index in [1.807, 2.05) is 6.92 Å². The van der Waals surface area contributed by atoms with Crippen LogP contribution in [0.3, 0.4) is 0 Å². The number of nitrogens with one attached hydrogen (secondary N) is 1. The van der Waals surface area contributed by atoms with Crippen LogP contribution in [0.2, 0.25) is 0 Å². The van der Waals surface area contributed by atoms with E-state index in [0.29, 0.717) is 41.4 Å². The van der Waals surface area contributed by atoms with Crippen molar-refractivity contribution in [2.45, 2.75) is 6.92 Å². The Morgan fingerprint density at radius 3 is 2.27 bits per heavy atom. The highest BCUT2D eigenvalue weighted by molar-refractivity contribution is 5.65. The number of methoxy groups -OCH3 is 3. The molecule has 118 valence electrons. The Kier molecular flexibility index (Phi) is 5.24. The van der Waals surface area contributed by atoms with Crippen molar-refractivity contribution < 1.29 is 18.9 Å². The van der Waals surface area contributed by atoms with Crippen LogP contribution >= 0.6 is 0 Å². The van der Waals surface area contributed by atoms with E-state index in [2.05, 4.69) is 15.3 Å². The van der Waals surface area contributed by atoms with E-state index in [9.17, 15) is 0 Å². The third-order valence-corrected chi connectivity index (χ3v) is 2.84. The van der Waals surface area contributed by atoms with Gasteiger partial charge in [-0.3, -0.25) is 0 Å². The van der Waals surface area contributed by atoms with Gasteiger partial charge in [0.1, 0.15) is 0 Å². The average Bonchev–Trinajstić information content (AvgIpc) is 2.54. The molecule has 7 heteroatoms. The predicted molar refractivity (Wildman–Crippen MR) is 82.6 cm³/mol. The van der Waals surface area contributed by atoms with Crippen molar-refractivity contribution in [1.82, 2.24) is 9.97 Å². The lowest BCUT2D eigenvalue weighted by Crippen LogP contribution is -2.02. The molecular weight excluding hydrogens is 286 g/mol. The van der Waals surface area contributed by atoms with Crippen molar-refractivity contribution in [3.63, 3.8) is 0 Å². The van der Waals surface area contributed by atoms with Gasteiger partial charge in [-0.15, -0.1) is 0 Å². The molecule has 0 aliphatic heterocycles. The zero-order valence-electron chi connectivity index (χ0n) is 13.0. The lowest BCUT2D eigenvalue weighted by Gasteiger charge is -2.14. The summed E-state index contributed by atoms with van der Waals surface area (Å²) in [5.74, 6) is 2.54. The molecule has 2 rings (SSSR count). The lowest BCUT2D eigenvalue weighted by atomic mass is 10.2. The fourth-order valence-electron chi connectivity index (χ4n) is 1.91. The molecule has 0 bridgehead atoms. The molecule has 0 aliphatic rings. The van der Waals surface area contributed by atoms with Crippen LogP contribution in [-0.2, 0) is 0 Å². The molecular formula is C15H19N3O4.